The minimum absolute atomic E-state index is 0.0197. The summed E-state index contributed by atoms with van der Waals surface area (Å²) in [5.41, 5.74) is -0.972. The van der Waals surface area contributed by atoms with Crippen LogP contribution in [0, 0.1) is 12.1 Å². The van der Waals surface area contributed by atoms with Crippen molar-refractivity contribution in [2.24, 2.45) is 5.16 Å². The van der Waals surface area contributed by atoms with Gasteiger partial charge in [0.25, 0.3) is 0 Å². The zero-order valence-electron chi connectivity index (χ0n) is 17.9. The second-order valence-electron chi connectivity index (χ2n) is 6.43. The first-order valence-electron chi connectivity index (χ1n) is 9.32. The van der Waals surface area contributed by atoms with Crippen LogP contribution < -0.4 is 9.47 Å². The van der Waals surface area contributed by atoms with Crippen molar-refractivity contribution in [1.82, 2.24) is 9.97 Å². The molecule has 0 amide bonds. The molecular weight excluding hydrogens is 495 g/mol. The van der Waals surface area contributed by atoms with Crippen LogP contribution in [-0.2, 0) is 11.0 Å². The molecule has 0 fully saturated rings. The lowest BCUT2D eigenvalue weighted by molar-refractivity contribution is -0.137. The summed E-state index contributed by atoms with van der Waals surface area (Å²) in [6.07, 6.45) is -4.60. The first kappa shape index (κ1) is 25.1. The minimum atomic E-state index is -4.60. The molecule has 0 saturated carbocycles. The van der Waals surface area contributed by atoms with Gasteiger partial charge in [-0.05, 0) is 43.0 Å². The molecule has 0 spiro atoms. The van der Waals surface area contributed by atoms with E-state index in [1.807, 2.05) is 6.07 Å². The lowest BCUT2D eigenvalue weighted by Gasteiger charge is -2.10. The van der Waals surface area contributed by atoms with E-state index >= 15 is 0 Å². The molecule has 176 valence electrons. The summed E-state index contributed by atoms with van der Waals surface area (Å²) in [6.45, 7) is 1.38. The van der Waals surface area contributed by atoms with Crippen LogP contribution in [0.3, 0.4) is 0 Å². The van der Waals surface area contributed by atoms with Crippen molar-refractivity contribution in [2.75, 3.05) is 14.2 Å². The number of hydrogen-bond acceptors (Lipinski definition) is 8. The molecule has 7 nitrogen and oxygen atoms in total. The fourth-order valence-electron chi connectivity index (χ4n) is 2.52. The van der Waals surface area contributed by atoms with Gasteiger partial charge in [0.05, 0.1) is 36.6 Å². The molecule has 0 unspecified atom stereocenters. The predicted molar refractivity (Wildman–Crippen MR) is 117 cm³/mol. The predicted octanol–water partition coefficient (Wildman–Crippen LogP) is 5.50. The minimum Gasteiger partial charge on any atom is -0.481 e. The molecule has 1 aromatic heterocycles. The average Bonchev–Trinajstić information content (AvgIpc) is 2.81. The zero-order chi connectivity index (χ0) is 24.9. The van der Waals surface area contributed by atoms with Crippen molar-refractivity contribution in [2.45, 2.75) is 23.2 Å². The third-order valence-electron chi connectivity index (χ3n) is 4.18. The van der Waals surface area contributed by atoms with Gasteiger partial charge in [-0.1, -0.05) is 35.0 Å². The highest BCUT2D eigenvalue weighted by atomic mass is 35.5. The second kappa shape index (κ2) is 10.6. The molecule has 0 radical (unpaired) electrons. The number of benzene rings is 1. The Balaban J connectivity index is 1.86. The number of ether oxygens (including phenoxy) is 2. The van der Waals surface area contributed by atoms with E-state index in [0.717, 1.165) is 17.8 Å². The maximum absolute atomic E-state index is 12.9. The fourth-order valence-corrected chi connectivity index (χ4v) is 3.74. The molecule has 2 aromatic carbocycles. The van der Waals surface area contributed by atoms with Gasteiger partial charge in [-0.3, -0.25) is 0 Å². The van der Waals surface area contributed by atoms with Gasteiger partial charge in [-0.15, -0.1) is 0 Å². The summed E-state index contributed by atoms with van der Waals surface area (Å²) >= 11 is 7.22. The summed E-state index contributed by atoms with van der Waals surface area (Å²) in [6, 6.07) is 12.5. The number of rotatable bonds is 7. The molecule has 12 heteroatoms. The Labute approximate surface area is 201 Å². The van der Waals surface area contributed by atoms with Crippen LogP contribution in [0.4, 0.5) is 13.2 Å². The summed E-state index contributed by atoms with van der Waals surface area (Å²) in [7, 11) is 2.86. The standard InChI is InChI=1S/C22H15ClF3N3O4S/c1-12(13-6-4-7-14(10-13)22(24,25)26)29-33-20(30)19-15(23)8-5-9-16(19)34-21-27-17(31-2)11-18(28-21)32-3/h5-6,8-11H,1-3H3/b29-12+. The number of aromatic nitrogens is 2. The number of alkyl halides is 3. The molecule has 0 N–H and O–H groups in total. The smallest absolute Gasteiger partial charge is 0.424 e. The van der Waals surface area contributed by atoms with Crippen molar-refractivity contribution in [1.29, 1.82) is 0 Å². The van der Waals surface area contributed by atoms with Gasteiger partial charge in [0.2, 0.25) is 11.8 Å². The van der Waals surface area contributed by atoms with Crippen LogP contribution in [0.1, 0.15) is 28.4 Å². The molecule has 0 aliphatic carbocycles. The zero-order valence-corrected chi connectivity index (χ0v) is 19.4. The molecule has 1 heterocycles. The van der Waals surface area contributed by atoms with Crippen molar-refractivity contribution in [3.05, 3.63) is 70.2 Å². The van der Waals surface area contributed by atoms with Gasteiger partial charge in [-0.25, -0.2) is 4.79 Å². The van der Waals surface area contributed by atoms with E-state index in [1.165, 1.54) is 39.3 Å². The lowest BCUT2D eigenvalue weighted by atomic mass is 10.1. The highest BCUT2D eigenvalue weighted by Crippen LogP contribution is 2.34. The van der Waals surface area contributed by atoms with E-state index in [2.05, 4.69) is 21.2 Å². The van der Waals surface area contributed by atoms with E-state index in [-0.39, 0.29) is 38.8 Å². The molecule has 0 saturated heterocycles. The van der Waals surface area contributed by atoms with Gasteiger partial charge >= 0.3 is 12.1 Å². The third-order valence-corrected chi connectivity index (χ3v) is 5.42. The first-order valence-corrected chi connectivity index (χ1v) is 10.5. The van der Waals surface area contributed by atoms with Gasteiger partial charge in [0, 0.05) is 10.5 Å². The van der Waals surface area contributed by atoms with Gasteiger partial charge < -0.3 is 14.3 Å². The van der Waals surface area contributed by atoms with Crippen molar-refractivity contribution < 1.29 is 32.3 Å². The Hall–Kier alpha value is -3.49. The summed E-state index contributed by atoms with van der Waals surface area (Å²) in [5.74, 6) is -0.434. The van der Waals surface area contributed by atoms with E-state index in [9.17, 15) is 18.0 Å². The molecule has 0 aliphatic heterocycles. The molecular formula is C22H15ClF3N3O4S. The molecule has 34 heavy (non-hydrogen) atoms. The maximum atomic E-state index is 12.9. The van der Waals surface area contributed by atoms with Crippen LogP contribution in [0.25, 0.3) is 0 Å². The summed E-state index contributed by atoms with van der Waals surface area (Å²) in [5, 5.41) is 3.94. The van der Waals surface area contributed by atoms with E-state index in [1.54, 1.807) is 12.1 Å². The largest absolute Gasteiger partial charge is 0.481 e. The number of hydrogen-bond donors (Lipinski definition) is 0. The van der Waals surface area contributed by atoms with Crippen LogP contribution in [0.15, 0.2) is 51.6 Å². The average molecular weight is 510 g/mol. The molecule has 3 aromatic rings. The van der Waals surface area contributed by atoms with E-state index in [0.29, 0.717) is 4.90 Å². The molecule has 0 bridgehead atoms. The molecule has 0 atom stereocenters. The Morgan fingerprint density at radius 3 is 2.44 bits per heavy atom. The Bertz CT molecular complexity index is 1220. The summed E-state index contributed by atoms with van der Waals surface area (Å²) in [4.78, 5) is 26.5. The number of oxime groups is 1. The van der Waals surface area contributed by atoms with Crippen molar-refractivity contribution >= 4 is 35.0 Å². The highest BCUT2D eigenvalue weighted by molar-refractivity contribution is 7.99. The van der Waals surface area contributed by atoms with E-state index in [4.69, 9.17) is 25.9 Å². The van der Waals surface area contributed by atoms with Crippen LogP contribution in [0.5, 0.6) is 11.8 Å². The second-order valence-corrected chi connectivity index (χ2v) is 7.85. The van der Waals surface area contributed by atoms with Crippen molar-refractivity contribution in [3.8, 4) is 11.8 Å². The molecule has 3 rings (SSSR count). The molecule has 0 aliphatic rings. The number of halogens is 4. The van der Waals surface area contributed by atoms with E-state index < -0.39 is 17.7 Å². The normalized spacial score (nSPS) is 11.6. The SMILES string of the molecule is COc1cc(OC)nc(Sc2cccc(Cl)c2C(=O)O/N=C(\C)c2cc#cc(C(F)(F)F)c2)n1. The maximum Gasteiger partial charge on any atom is 0.424 e. The fraction of sp³-hybridized carbons (Fsp3) is 0.182. The number of nitrogens with zero attached hydrogens (tertiary/aromatic N) is 3. The summed E-state index contributed by atoms with van der Waals surface area (Å²) < 4.78 is 49.0. The third kappa shape index (κ3) is 6.09. The first-order chi connectivity index (χ1) is 16.1. The van der Waals surface area contributed by atoms with Crippen LogP contribution in [-0.4, -0.2) is 35.9 Å². The van der Waals surface area contributed by atoms with Crippen molar-refractivity contribution in [3.63, 3.8) is 0 Å². The quantitative estimate of drug-likeness (QED) is 0.180. The highest BCUT2D eigenvalue weighted by Gasteiger charge is 2.31. The van der Waals surface area contributed by atoms with Gasteiger partial charge in [-0.2, -0.15) is 23.1 Å². The Morgan fingerprint density at radius 1 is 1.15 bits per heavy atom. The Morgan fingerprint density at radius 2 is 1.82 bits per heavy atom. The van der Waals surface area contributed by atoms with Crippen LogP contribution in [0.2, 0.25) is 5.02 Å². The topological polar surface area (TPSA) is 82.9 Å². The monoisotopic (exact) mass is 509 g/mol. The number of carbonyl (C=O) groups excluding carboxylic acids is 1. The van der Waals surface area contributed by atoms with Gasteiger partial charge in [0.1, 0.15) is 5.56 Å². The number of carbonyl (C=O) groups is 1. The Kier molecular flexibility index (Phi) is 7.86. The number of methoxy groups -OCH3 is 2. The van der Waals surface area contributed by atoms with Crippen LogP contribution >= 0.6 is 23.4 Å². The van der Waals surface area contributed by atoms with Gasteiger partial charge in [0.15, 0.2) is 5.16 Å². The lowest BCUT2D eigenvalue weighted by Crippen LogP contribution is -2.08.